The molecule has 0 spiro atoms. The molecule has 1 aromatic heterocycles. The van der Waals surface area contributed by atoms with Crippen molar-refractivity contribution in [3.05, 3.63) is 18.0 Å². The number of aliphatic carboxylic acids is 1. The number of hydrogen-bond acceptors (Lipinski definition) is 2. The monoisotopic (exact) mass is 250 g/mol. The van der Waals surface area contributed by atoms with Crippen molar-refractivity contribution in [1.82, 2.24) is 9.78 Å². The second-order valence-corrected chi connectivity index (χ2v) is 6.45. The SMILES string of the molecule is Cn1cc(CC2(C(=O)O)CCC(C)(C)CC2)cn1. The van der Waals surface area contributed by atoms with Gasteiger partial charge >= 0.3 is 5.97 Å². The molecule has 0 bridgehead atoms. The van der Waals surface area contributed by atoms with Gasteiger partial charge in [0, 0.05) is 13.2 Å². The van der Waals surface area contributed by atoms with E-state index in [1.54, 1.807) is 10.9 Å². The zero-order valence-electron chi connectivity index (χ0n) is 11.4. The maximum Gasteiger partial charge on any atom is 0.309 e. The molecule has 4 nitrogen and oxygen atoms in total. The van der Waals surface area contributed by atoms with E-state index < -0.39 is 11.4 Å². The van der Waals surface area contributed by atoms with E-state index in [9.17, 15) is 9.90 Å². The molecule has 0 amide bonds. The molecule has 0 unspecified atom stereocenters. The van der Waals surface area contributed by atoms with Crippen molar-refractivity contribution in [2.75, 3.05) is 0 Å². The standard InChI is InChI=1S/C14H22N2O2/c1-13(2)4-6-14(7-5-13,12(17)18)8-11-9-15-16(3)10-11/h9-10H,4-8H2,1-3H3,(H,17,18). The molecule has 1 heterocycles. The molecule has 4 heteroatoms. The first kappa shape index (κ1) is 13.1. The van der Waals surface area contributed by atoms with Crippen molar-refractivity contribution in [3.63, 3.8) is 0 Å². The Morgan fingerprint density at radius 2 is 2.00 bits per heavy atom. The van der Waals surface area contributed by atoms with Gasteiger partial charge in [-0.15, -0.1) is 0 Å². The molecular weight excluding hydrogens is 228 g/mol. The molecule has 0 saturated heterocycles. The van der Waals surface area contributed by atoms with Crippen molar-refractivity contribution in [2.24, 2.45) is 17.9 Å². The second-order valence-electron chi connectivity index (χ2n) is 6.45. The Labute approximate surface area is 108 Å². The first-order chi connectivity index (χ1) is 8.33. The van der Waals surface area contributed by atoms with Crippen LogP contribution in [0.4, 0.5) is 0 Å². The van der Waals surface area contributed by atoms with E-state index in [1.165, 1.54) is 0 Å². The van der Waals surface area contributed by atoms with Crippen LogP contribution in [0.2, 0.25) is 0 Å². The molecule has 0 aromatic carbocycles. The Bertz CT molecular complexity index is 438. The van der Waals surface area contributed by atoms with Gasteiger partial charge in [-0.05, 0) is 43.1 Å². The molecule has 18 heavy (non-hydrogen) atoms. The minimum Gasteiger partial charge on any atom is -0.481 e. The summed E-state index contributed by atoms with van der Waals surface area (Å²) in [7, 11) is 1.86. The molecule has 1 aliphatic carbocycles. The molecule has 1 saturated carbocycles. The molecule has 1 aromatic rings. The van der Waals surface area contributed by atoms with Crippen LogP contribution >= 0.6 is 0 Å². The summed E-state index contributed by atoms with van der Waals surface area (Å²) in [4.78, 5) is 11.7. The molecule has 1 fully saturated rings. The maximum absolute atomic E-state index is 11.7. The summed E-state index contributed by atoms with van der Waals surface area (Å²) in [5.41, 5.74) is 0.728. The van der Waals surface area contributed by atoms with E-state index in [2.05, 4.69) is 18.9 Å². The first-order valence-electron chi connectivity index (χ1n) is 6.54. The predicted octanol–water partition coefficient (Wildman–Crippen LogP) is 2.63. The van der Waals surface area contributed by atoms with Crippen molar-refractivity contribution in [3.8, 4) is 0 Å². The zero-order chi connectivity index (χ0) is 13.4. The Balaban J connectivity index is 2.16. The van der Waals surface area contributed by atoms with Gasteiger partial charge in [-0.1, -0.05) is 13.8 Å². The van der Waals surface area contributed by atoms with Gasteiger partial charge in [0.05, 0.1) is 11.6 Å². The highest BCUT2D eigenvalue weighted by atomic mass is 16.4. The van der Waals surface area contributed by atoms with E-state index in [0.717, 1.165) is 31.2 Å². The molecule has 1 aliphatic rings. The smallest absolute Gasteiger partial charge is 0.309 e. The summed E-state index contributed by atoms with van der Waals surface area (Å²) in [5, 5.41) is 13.7. The molecule has 2 rings (SSSR count). The lowest BCUT2D eigenvalue weighted by molar-refractivity contribution is -0.152. The van der Waals surface area contributed by atoms with E-state index in [1.807, 2.05) is 13.2 Å². The lowest BCUT2D eigenvalue weighted by atomic mass is 9.63. The summed E-state index contributed by atoms with van der Waals surface area (Å²) in [6, 6.07) is 0. The Morgan fingerprint density at radius 3 is 2.44 bits per heavy atom. The molecular formula is C14H22N2O2. The van der Waals surface area contributed by atoms with Crippen LogP contribution in [0.1, 0.15) is 45.1 Å². The lowest BCUT2D eigenvalue weighted by Crippen LogP contribution is -2.39. The summed E-state index contributed by atoms with van der Waals surface area (Å²) >= 11 is 0. The van der Waals surface area contributed by atoms with Crippen molar-refractivity contribution in [1.29, 1.82) is 0 Å². The normalized spacial score (nSPS) is 21.7. The Kier molecular flexibility index (Phi) is 3.21. The zero-order valence-corrected chi connectivity index (χ0v) is 11.4. The molecule has 1 N–H and O–H groups in total. The fourth-order valence-corrected chi connectivity index (χ4v) is 2.83. The van der Waals surface area contributed by atoms with Crippen molar-refractivity contribution in [2.45, 2.75) is 46.0 Å². The Morgan fingerprint density at radius 1 is 1.39 bits per heavy atom. The number of carbonyl (C=O) groups is 1. The third-order valence-electron chi connectivity index (χ3n) is 4.32. The van der Waals surface area contributed by atoms with Crippen LogP contribution in [0.5, 0.6) is 0 Å². The van der Waals surface area contributed by atoms with E-state index in [0.29, 0.717) is 6.42 Å². The molecule has 0 radical (unpaired) electrons. The number of aryl methyl sites for hydroxylation is 1. The van der Waals surface area contributed by atoms with Crippen molar-refractivity contribution >= 4 is 5.97 Å². The van der Waals surface area contributed by atoms with Crippen molar-refractivity contribution < 1.29 is 9.90 Å². The number of carboxylic acids is 1. The van der Waals surface area contributed by atoms with Gasteiger partial charge in [0.15, 0.2) is 0 Å². The van der Waals surface area contributed by atoms with Gasteiger partial charge < -0.3 is 5.11 Å². The van der Waals surface area contributed by atoms with Gasteiger partial charge in [-0.3, -0.25) is 9.48 Å². The molecule has 0 atom stereocenters. The van der Waals surface area contributed by atoms with Crippen LogP contribution in [0, 0.1) is 10.8 Å². The van der Waals surface area contributed by atoms with Gasteiger partial charge in [-0.25, -0.2) is 0 Å². The maximum atomic E-state index is 11.7. The number of nitrogens with zero attached hydrogens (tertiary/aromatic N) is 2. The van der Waals surface area contributed by atoms with Gasteiger partial charge in [0.25, 0.3) is 0 Å². The lowest BCUT2D eigenvalue weighted by Gasteiger charge is -2.40. The fraction of sp³-hybridized carbons (Fsp3) is 0.714. The molecule has 0 aliphatic heterocycles. The number of carboxylic acid groups (broad SMARTS) is 1. The van der Waals surface area contributed by atoms with Crippen LogP contribution in [-0.4, -0.2) is 20.9 Å². The highest BCUT2D eigenvalue weighted by Crippen LogP contribution is 2.46. The largest absolute Gasteiger partial charge is 0.481 e. The topological polar surface area (TPSA) is 55.1 Å². The number of aromatic nitrogens is 2. The minimum atomic E-state index is -0.651. The number of rotatable bonds is 3. The number of hydrogen-bond donors (Lipinski definition) is 1. The van der Waals surface area contributed by atoms with Crippen LogP contribution in [-0.2, 0) is 18.3 Å². The summed E-state index contributed by atoms with van der Waals surface area (Å²) < 4.78 is 1.73. The van der Waals surface area contributed by atoms with E-state index >= 15 is 0 Å². The highest BCUT2D eigenvalue weighted by Gasteiger charge is 2.44. The third-order valence-corrected chi connectivity index (χ3v) is 4.32. The van der Waals surface area contributed by atoms with E-state index in [-0.39, 0.29) is 5.41 Å². The van der Waals surface area contributed by atoms with Crippen LogP contribution in [0.25, 0.3) is 0 Å². The van der Waals surface area contributed by atoms with Crippen LogP contribution in [0.3, 0.4) is 0 Å². The van der Waals surface area contributed by atoms with Gasteiger partial charge in [0.2, 0.25) is 0 Å². The molecule has 100 valence electrons. The quantitative estimate of drug-likeness (QED) is 0.897. The second kappa shape index (κ2) is 4.41. The first-order valence-corrected chi connectivity index (χ1v) is 6.54. The fourth-order valence-electron chi connectivity index (χ4n) is 2.83. The van der Waals surface area contributed by atoms with Gasteiger partial charge in [-0.2, -0.15) is 5.10 Å². The van der Waals surface area contributed by atoms with Crippen LogP contribution < -0.4 is 0 Å². The average Bonchev–Trinajstić information content (AvgIpc) is 2.67. The highest BCUT2D eigenvalue weighted by molar-refractivity contribution is 5.75. The third kappa shape index (κ3) is 2.57. The Hall–Kier alpha value is -1.32. The predicted molar refractivity (Wildman–Crippen MR) is 69.2 cm³/mol. The summed E-state index contributed by atoms with van der Waals surface area (Å²) in [6.45, 7) is 4.45. The summed E-state index contributed by atoms with van der Waals surface area (Å²) in [5.74, 6) is -0.651. The minimum absolute atomic E-state index is 0.286. The average molecular weight is 250 g/mol. The van der Waals surface area contributed by atoms with Crippen LogP contribution in [0.15, 0.2) is 12.4 Å². The van der Waals surface area contributed by atoms with E-state index in [4.69, 9.17) is 0 Å². The summed E-state index contributed by atoms with van der Waals surface area (Å²) in [6.07, 6.45) is 7.81. The van der Waals surface area contributed by atoms with Gasteiger partial charge in [0.1, 0.15) is 0 Å².